The van der Waals surface area contributed by atoms with Gasteiger partial charge in [0.25, 0.3) is 5.91 Å². The van der Waals surface area contributed by atoms with Gasteiger partial charge in [0.2, 0.25) is 0 Å². The van der Waals surface area contributed by atoms with Gasteiger partial charge in [0.1, 0.15) is 10.8 Å². The number of halogens is 3. The molecule has 3 nitrogen and oxygen atoms in total. The van der Waals surface area contributed by atoms with Crippen molar-refractivity contribution in [2.75, 3.05) is 5.32 Å². The van der Waals surface area contributed by atoms with Gasteiger partial charge in [-0.2, -0.15) is 0 Å². The first-order valence-electron chi connectivity index (χ1n) is 5.74. The molecular formula is C14H9Cl2FN2OS. The zero-order valence-corrected chi connectivity index (χ0v) is 12.8. The van der Waals surface area contributed by atoms with Gasteiger partial charge in [-0.15, -0.1) is 0 Å². The molecule has 0 saturated heterocycles. The number of hydrogen-bond donors (Lipinski definition) is 2. The van der Waals surface area contributed by atoms with Gasteiger partial charge in [-0.1, -0.05) is 35.4 Å². The maximum atomic E-state index is 13.2. The largest absolute Gasteiger partial charge is 0.389 e. The highest BCUT2D eigenvalue weighted by atomic mass is 35.5. The summed E-state index contributed by atoms with van der Waals surface area (Å²) in [5.74, 6) is -0.928. The molecule has 0 saturated carbocycles. The number of hydrogen-bond acceptors (Lipinski definition) is 2. The predicted octanol–water partition coefficient (Wildman–Crippen LogP) is 4.02. The van der Waals surface area contributed by atoms with Crippen molar-refractivity contribution in [1.82, 2.24) is 0 Å². The summed E-state index contributed by atoms with van der Waals surface area (Å²) in [5.41, 5.74) is 6.39. The summed E-state index contributed by atoms with van der Waals surface area (Å²) in [7, 11) is 0. The van der Waals surface area contributed by atoms with Crippen LogP contribution in [0.5, 0.6) is 0 Å². The van der Waals surface area contributed by atoms with E-state index in [2.05, 4.69) is 5.32 Å². The molecule has 0 heterocycles. The van der Waals surface area contributed by atoms with E-state index in [9.17, 15) is 9.18 Å². The Labute approximate surface area is 135 Å². The Morgan fingerprint density at radius 1 is 1.14 bits per heavy atom. The van der Waals surface area contributed by atoms with Crippen molar-refractivity contribution in [3.8, 4) is 0 Å². The van der Waals surface area contributed by atoms with Crippen LogP contribution in [0.25, 0.3) is 0 Å². The molecule has 0 unspecified atom stereocenters. The van der Waals surface area contributed by atoms with E-state index in [0.29, 0.717) is 16.3 Å². The van der Waals surface area contributed by atoms with E-state index in [0.717, 1.165) is 6.07 Å². The molecular weight excluding hydrogens is 334 g/mol. The Morgan fingerprint density at radius 2 is 1.86 bits per heavy atom. The minimum absolute atomic E-state index is 0.0149. The van der Waals surface area contributed by atoms with Crippen molar-refractivity contribution in [2.45, 2.75) is 0 Å². The Morgan fingerprint density at radius 3 is 2.48 bits per heavy atom. The molecule has 0 aliphatic rings. The zero-order chi connectivity index (χ0) is 15.6. The van der Waals surface area contributed by atoms with Gasteiger partial charge in [-0.25, -0.2) is 4.39 Å². The molecule has 0 aromatic heterocycles. The molecule has 1 amide bonds. The summed E-state index contributed by atoms with van der Waals surface area (Å²) in [6.07, 6.45) is 0. The highest BCUT2D eigenvalue weighted by molar-refractivity contribution is 7.80. The van der Waals surface area contributed by atoms with Gasteiger partial charge in [-0.05, 0) is 36.4 Å². The van der Waals surface area contributed by atoms with Crippen molar-refractivity contribution in [3.05, 3.63) is 63.4 Å². The molecule has 0 fully saturated rings. The number of thiocarbonyl (C=S) groups is 1. The fraction of sp³-hybridized carbons (Fsp3) is 0. The SMILES string of the molecule is NC(=S)c1cc(F)ccc1NC(=O)c1ccc(Cl)c(Cl)c1. The molecule has 2 rings (SSSR count). The lowest BCUT2D eigenvalue weighted by molar-refractivity contribution is 0.102. The van der Waals surface area contributed by atoms with Crippen molar-refractivity contribution in [1.29, 1.82) is 0 Å². The Balaban J connectivity index is 2.31. The van der Waals surface area contributed by atoms with Crippen molar-refractivity contribution in [2.24, 2.45) is 5.73 Å². The number of nitrogens with two attached hydrogens (primary N) is 1. The van der Waals surface area contributed by atoms with Gasteiger partial charge in [0, 0.05) is 11.1 Å². The quantitative estimate of drug-likeness (QED) is 0.828. The van der Waals surface area contributed by atoms with Crippen LogP contribution in [0.1, 0.15) is 15.9 Å². The third kappa shape index (κ3) is 3.69. The molecule has 0 bridgehead atoms. The van der Waals surface area contributed by atoms with E-state index >= 15 is 0 Å². The number of anilines is 1. The third-order valence-corrected chi connectivity index (χ3v) is 3.64. The molecule has 0 aliphatic carbocycles. The number of amides is 1. The number of rotatable bonds is 3. The maximum absolute atomic E-state index is 13.2. The number of carbonyl (C=O) groups is 1. The molecule has 3 N–H and O–H groups in total. The van der Waals surface area contributed by atoms with E-state index in [1.54, 1.807) is 0 Å². The molecule has 0 atom stereocenters. The fourth-order valence-corrected chi connectivity index (χ4v) is 2.13. The number of benzene rings is 2. The predicted molar refractivity (Wildman–Crippen MR) is 86.7 cm³/mol. The smallest absolute Gasteiger partial charge is 0.255 e. The third-order valence-electron chi connectivity index (χ3n) is 2.68. The first kappa shape index (κ1) is 15.7. The van der Waals surface area contributed by atoms with E-state index in [4.69, 9.17) is 41.2 Å². The van der Waals surface area contributed by atoms with Gasteiger partial charge < -0.3 is 11.1 Å². The van der Waals surface area contributed by atoms with E-state index in [1.165, 1.54) is 30.3 Å². The monoisotopic (exact) mass is 342 g/mol. The van der Waals surface area contributed by atoms with Crippen LogP contribution >= 0.6 is 35.4 Å². The van der Waals surface area contributed by atoms with E-state index in [1.807, 2.05) is 0 Å². The fourth-order valence-electron chi connectivity index (χ4n) is 1.66. The zero-order valence-electron chi connectivity index (χ0n) is 10.5. The second-order valence-corrected chi connectivity index (χ2v) is 5.39. The van der Waals surface area contributed by atoms with Crippen LogP contribution in [-0.2, 0) is 0 Å². The van der Waals surface area contributed by atoms with Crippen LogP contribution in [-0.4, -0.2) is 10.9 Å². The molecule has 0 radical (unpaired) electrons. The lowest BCUT2D eigenvalue weighted by Crippen LogP contribution is -2.18. The van der Waals surface area contributed by atoms with Crippen LogP contribution in [0.4, 0.5) is 10.1 Å². The average Bonchev–Trinajstić information content (AvgIpc) is 2.43. The summed E-state index contributed by atoms with van der Waals surface area (Å²) in [4.78, 5) is 12.1. The molecule has 2 aromatic rings. The van der Waals surface area contributed by atoms with E-state index < -0.39 is 11.7 Å². The van der Waals surface area contributed by atoms with Crippen LogP contribution in [0, 0.1) is 5.82 Å². The highest BCUT2D eigenvalue weighted by Gasteiger charge is 2.12. The Kier molecular flexibility index (Phi) is 4.77. The minimum atomic E-state index is -0.495. The van der Waals surface area contributed by atoms with E-state index in [-0.39, 0.29) is 15.6 Å². The highest BCUT2D eigenvalue weighted by Crippen LogP contribution is 2.24. The molecule has 2 aromatic carbocycles. The number of carbonyl (C=O) groups excluding carboxylic acids is 1. The first-order valence-corrected chi connectivity index (χ1v) is 6.90. The van der Waals surface area contributed by atoms with Gasteiger partial charge in [-0.3, -0.25) is 4.79 Å². The van der Waals surface area contributed by atoms with Gasteiger partial charge >= 0.3 is 0 Å². The Hall–Kier alpha value is -1.69. The van der Waals surface area contributed by atoms with Crippen molar-refractivity contribution >= 4 is 52.0 Å². The van der Waals surface area contributed by atoms with Crippen molar-refractivity contribution in [3.63, 3.8) is 0 Å². The lowest BCUT2D eigenvalue weighted by Gasteiger charge is -2.10. The average molecular weight is 343 g/mol. The summed E-state index contributed by atoms with van der Waals surface area (Å²) in [6, 6.07) is 8.22. The van der Waals surface area contributed by atoms with Crippen molar-refractivity contribution < 1.29 is 9.18 Å². The summed E-state index contributed by atoms with van der Waals surface area (Å²) >= 11 is 16.5. The normalized spacial score (nSPS) is 10.2. The minimum Gasteiger partial charge on any atom is -0.389 e. The second kappa shape index (κ2) is 6.39. The number of nitrogens with one attached hydrogen (secondary N) is 1. The molecule has 21 heavy (non-hydrogen) atoms. The van der Waals surface area contributed by atoms with Crippen LogP contribution < -0.4 is 11.1 Å². The van der Waals surface area contributed by atoms with Crippen LogP contribution in [0.3, 0.4) is 0 Å². The summed E-state index contributed by atoms with van der Waals surface area (Å²) < 4.78 is 13.2. The molecule has 0 aliphatic heterocycles. The molecule has 108 valence electrons. The standard InChI is InChI=1S/C14H9Cl2FN2OS/c15-10-3-1-7(5-11(10)16)14(20)19-12-4-2-8(17)6-9(12)13(18)21/h1-6H,(H2,18,21)(H,19,20). The summed E-state index contributed by atoms with van der Waals surface area (Å²) in [6.45, 7) is 0. The first-order chi connectivity index (χ1) is 9.88. The topological polar surface area (TPSA) is 55.1 Å². The van der Waals surface area contributed by atoms with Gasteiger partial charge in [0.05, 0.1) is 15.7 Å². The molecule has 0 spiro atoms. The Bertz CT molecular complexity index is 737. The van der Waals surface area contributed by atoms with Crippen LogP contribution in [0.2, 0.25) is 10.0 Å². The van der Waals surface area contributed by atoms with Crippen LogP contribution in [0.15, 0.2) is 36.4 Å². The maximum Gasteiger partial charge on any atom is 0.255 e. The van der Waals surface area contributed by atoms with Gasteiger partial charge in [0.15, 0.2) is 0 Å². The lowest BCUT2D eigenvalue weighted by atomic mass is 10.1. The summed E-state index contributed by atoms with van der Waals surface area (Å²) in [5, 5.41) is 3.22. The second-order valence-electron chi connectivity index (χ2n) is 4.14. The molecule has 7 heteroatoms.